The standard InChI is InChI=1S/C21H19N3O5S/c1-23-19(22-15-6-4-3-5-14(15)20(23)25)11-29-16-8-7-13(9-17(16)28-2)10-18-21(26)24(27)12-30-18/h3-10,24H,11-12H2,1-2H3. The summed E-state index contributed by atoms with van der Waals surface area (Å²) in [5.74, 6) is 1.15. The molecule has 4 rings (SSSR count). The Labute approximate surface area is 176 Å². The number of para-hydroxylation sites is 1. The summed E-state index contributed by atoms with van der Waals surface area (Å²) in [6.45, 7) is 0.0796. The van der Waals surface area contributed by atoms with Gasteiger partial charge in [-0.15, -0.1) is 0 Å². The van der Waals surface area contributed by atoms with E-state index in [1.54, 1.807) is 49.5 Å². The number of methoxy groups -OCH3 is 1. The predicted molar refractivity (Wildman–Crippen MR) is 114 cm³/mol. The molecule has 0 spiro atoms. The molecule has 2 heterocycles. The zero-order valence-corrected chi connectivity index (χ0v) is 17.2. The molecular formula is C21H19N3O5S. The smallest absolute Gasteiger partial charge is 0.351 e. The van der Waals surface area contributed by atoms with E-state index in [1.165, 1.54) is 23.4 Å². The molecule has 154 valence electrons. The van der Waals surface area contributed by atoms with Crippen LogP contribution >= 0.6 is 11.8 Å². The van der Waals surface area contributed by atoms with Gasteiger partial charge in [0, 0.05) is 7.05 Å². The number of carbonyl (C=O) groups excluding carboxylic acids is 1. The molecule has 0 bridgehead atoms. The lowest BCUT2D eigenvalue weighted by Crippen LogP contribution is -3.07. The minimum absolute atomic E-state index is 0.0796. The third-order valence-electron chi connectivity index (χ3n) is 4.75. The monoisotopic (exact) mass is 425 g/mol. The predicted octanol–water partition coefficient (Wildman–Crippen LogP) is 1.48. The Balaban J connectivity index is 1.58. The van der Waals surface area contributed by atoms with Crippen LogP contribution in [0.2, 0.25) is 0 Å². The molecule has 0 radical (unpaired) electrons. The molecule has 1 aliphatic heterocycles. The van der Waals surface area contributed by atoms with Crippen LogP contribution in [-0.2, 0) is 18.4 Å². The Morgan fingerprint density at radius 1 is 1.23 bits per heavy atom. The molecule has 1 fully saturated rings. The molecule has 1 unspecified atom stereocenters. The lowest BCUT2D eigenvalue weighted by molar-refractivity contribution is -0.743. The van der Waals surface area contributed by atoms with Crippen molar-refractivity contribution in [1.29, 1.82) is 0 Å². The second-order valence-corrected chi connectivity index (χ2v) is 7.68. The van der Waals surface area contributed by atoms with Gasteiger partial charge in [0.15, 0.2) is 11.5 Å². The molecule has 1 saturated heterocycles. The van der Waals surface area contributed by atoms with Gasteiger partial charge in [-0.25, -0.2) is 9.78 Å². The van der Waals surface area contributed by atoms with Gasteiger partial charge in [0.1, 0.15) is 23.2 Å². The summed E-state index contributed by atoms with van der Waals surface area (Å²) in [5, 5.41) is 11.6. The molecule has 1 N–H and O–H groups in total. The van der Waals surface area contributed by atoms with Crippen molar-refractivity contribution < 1.29 is 19.3 Å². The zero-order chi connectivity index (χ0) is 21.3. The van der Waals surface area contributed by atoms with Crippen molar-refractivity contribution in [3.63, 3.8) is 0 Å². The third-order valence-corrected chi connectivity index (χ3v) is 5.77. The van der Waals surface area contributed by atoms with Crippen LogP contribution < -0.4 is 20.1 Å². The Bertz CT molecular complexity index is 1220. The van der Waals surface area contributed by atoms with Gasteiger partial charge in [0.05, 0.1) is 18.0 Å². The van der Waals surface area contributed by atoms with Crippen molar-refractivity contribution in [2.45, 2.75) is 6.61 Å². The summed E-state index contributed by atoms with van der Waals surface area (Å²) in [7, 11) is 3.17. The minimum Gasteiger partial charge on any atom is -0.626 e. The maximum absolute atomic E-state index is 12.5. The van der Waals surface area contributed by atoms with E-state index >= 15 is 0 Å². The van der Waals surface area contributed by atoms with Crippen molar-refractivity contribution >= 4 is 34.6 Å². The fraction of sp³-hybridized carbons (Fsp3) is 0.190. The number of hydrogen-bond acceptors (Lipinski definition) is 7. The fourth-order valence-corrected chi connectivity index (χ4v) is 3.98. The Morgan fingerprint density at radius 2 is 2.03 bits per heavy atom. The molecular weight excluding hydrogens is 406 g/mol. The number of ether oxygens (including phenoxy) is 2. The van der Waals surface area contributed by atoms with Crippen molar-refractivity contribution in [2.75, 3.05) is 13.0 Å². The first-order chi connectivity index (χ1) is 14.5. The van der Waals surface area contributed by atoms with Gasteiger partial charge in [0.2, 0.25) is 0 Å². The first-order valence-electron chi connectivity index (χ1n) is 9.15. The van der Waals surface area contributed by atoms with E-state index in [-0.39, 0.29) is 23.1 Å². The highest BCUT2D eigenvalue weighted by Gasteiger charge is 2.26. The van der Waals surface area contributed by atoms with Crippen LogP contribution in [0.25, 0.3) is 17.0 Å². The molecule has 9 heteroatoms. The van der Waals surface area contributed by atoms with Gasteiger partial charge in [-0.3, -0.25) is 14.4 Å². The Hall–Kier alpha value is -3.14. The number of rotatable bonds is 5. The number of quaternary nitrogens is 1. The van der Waals surface area contributed by atoms with Crippen LogP contribution in [0.1, 0.15) is 11.4 Å². The molecule has 1 aliphatic rings. The van der Waals surface area contributed by atoms with Crippen LogP contribution in [0, 0.1) is 5.21 Å². The lowest BCUT2D eigenvalue weighted by atomic mass is 10.2. The van der Waals surface area contributed by atoms with Gasteiger partial charge < -0.3 is 14.7 Å². The number of thioether (sulfide) groups is 1. The topological polar surface area (TPSA) is 97.9 Å². The van der Waals surface area contributed by atoms with Crippen molar-refractivity contribution in [2.24, 2.45) is 7.05 Å². The summed E-state index contributed by atoms with van der Waals surface area (Å²) in [6, 6.07) is 12.4. The average Bonchev–Trinajstić information content (AvgIpc) is 3.08. The van der Waals surface area contributed by atoms with E-state index in [0.29, 0.717) is 33.1 Å². The van der Waals surface area contributed by atoms with Crippen molar-refractivity contribution in [3.05, 3.63) is 74.3 Å². The summed E-state index contributed by atoms with van der Waals surface area (Å²) >= 11 is 1.23. The normalized spacial score (nSPS) is 17.6. The minimum atomic E-state index is -0.456. The van der Waals surface area contributed by atoms with E-state index in [9.17, 15) is 14.8 Å². The van der Waals surface area contributed by atoms with E-state index in [1.807, 2.05) is 6.07 Å². The molecule has 8 nitrogen and oxygen atoms in total. The highest BCUT2D eigenvalue weighted by molar-refractivity contribution is 8.04. The van der Waals surface area contributed by atoms with Crippen LogP contribution in [0.15, 0.2) is 52.2 Å². The molecule has 1 atom stereocenters. The number of nitrogens with zero attached hydrogens (tertiary/aromatic N) is 2. The second kappa shape index (κ2) is 8.31. The third kappa shape index (κ3) is 3.82. The number of aromatic nitrogens is 2. The van der Waals surface area contributed by atoms with Crippen molar-refractivity contribution in [3.8, 4) is 11.5 Å². The summed E-state index contributed by atoms with van der Waals surface area (Å²) in [4.78, 5) is 29.3. The number of hydrogen-bond donors (Lipinski definition) is 1. The average molecular weight is 425 g/mol. The van der Waals surface area contributed by atoms with Crippen molar-refractivity contribution in [1.82, 2.24) is 9.55 Å². The fourth-order valence-electron chi connectivity index (χ4n) is 3.10. The largest absolute Gasteiger partial charge is 0.626 e. The van der Waals surface area contributed by atoms with Gasteiger partial charge >= 0.3 is 5.91 Å². The zero-order valence-electron chi connectivity index (χ0n) is 16.4. The number of carbonyl (C=O) groups is 1. The Kier molecular flexibility index (Phi) is 5.58. The van der Waals surface area contributed by atoms with Crippen LogP contribution in [0.5, 0.6) is 11.5 Å². The molecule has 0 saturated carbocycles. The van der Waals surface area contributed by atoms with E-state index in [0.717, 1.165) is 5.56 Å². The van der Waals surface area contributed by atoms with Crippen LogP contribution in [-0.4, -0.2) is 28.4 Å². The number of fused-ring (bicyclic) bond motifs is 1. The molecule has 30 heavy (non-hydrogen) atoms. The summed E-state index contributed by atoms with van der Waals surface area (Å²) in [5.41, 5.74) is 1.20. The lowest BCUT2D eigenvalue weighted by Gasteiger charge is -2.13. The highest BCUT2D eigenvalue weighted by Crippen LogP contribution is 2.31. The van der Waals surface area contributed by atoms with Crippen LogP contribution in [0.3, 0.4) is 0 Å². The Morgan fingerprint density at radius 3 is 2.77 bits per heavy atom. The van der Waals surface area contributed by atoms with Gasteiger partial charge in [-0.05, 0) is 35.9 Å². The van der Waals surface area contributed by atoms with Gasteiger partial charge in [-0.1, -0.05) is 30.0 Å². The first-order valence-corrected chi connectivity index (χ1v) is 10.1. The number of amides is 1. The molecule has 0 aliphatic carbocycles. The molecule has 2 aromatic carbocycles. The highest BCUT2D eigenvalue weighted by atomic mass is 32.2. The van der Waals surface area contributed by atoms with Gasteiger partial charge in [0.25, 0.3) is 5.56 Å². The number of benzene rings is 2. The van der Waals surface area contributed by atoms with E-state index < -0.39 is 5.91 Å². The van der Waals surface area contributed by atoms with E-state index in [2.05, 4.69) is 4.98 Å². The molecule has 1 amide bonds. The van der Waals surface area contributed by atoms with Crippen LogP contribution in [0.4, 0.5) is 0 Å². The number of nitrogens with one attached hydrogen (secondary N) is 1. The maximum atomic E-state index is 12.5. The number of hydroxylamine groups is 2. The van der Waals surface area contributed by atoms with Gasteiger partial charge in [-0.2, -0.15) is 0 Å². The second-order valence-electron chi connectivity index (χ2n) is 6.66. The summed E-state index contributed by atoms with van der Waals surface area (Å²) in [6.07, 6.45) is 1.67. The summed E-state index contributed by atoms with van der Waals surface area (Å²) < 4.78 is 12.7. The molecule has 1 aromatic heterocycles. The SMILES string of the molecule is COc1cc(C=C2SC[NH+]([O-])C2=O)ccc1OCc1nc2ccccc2c(=O)n1C. The molecule has 3 aromatic rings. The van der Waals surface area contributed by atoms with E-state index in [4.69, 9.17) is 9.47 Å². The quantitative estimate of drug-likeness (QED) is 0.488. The maximum Gasteiger partial charge on any atom is 0.351 e. The first kappa shape index (κ1) is 20.1.